The van der Waals surface area contributed by atoms with Crippen LogP contribution in [0.25, 0.3) is 5.69 Å². The molecule has 2 aromatic rings. The second-order valence-electron chi connectivity index (χ2n) is 4.69. The van der Waals surface area contributed by atoms with E-state index in [1.54, 1.807) is 25.3 Å². The summed E-state index contributed by atoms with van der Waals surface area (Å²) in [6.45, 7) is 5.68. The average molecular weight is 248 g/mol. The Morgan fingerprint density at radius 1 is 1.22 bits per heavy atom. The number of nitrogens with zero attached hydrogens (tertiary/aromatic N) is 2. The van der Waals surface area contributed by atoms with Crippen LogP contribution in [0.1, 0.15) is 44.1 Å². The Morgan fingerprint density at radius 3 is 2.50 bits per heavy atom. The van der Waals surface area contributed by atoms with Crippen LogP contribution in [-0.2, 0) is 0 Å². The van der Waals surface area contributed by atoms with E-state index in [9.17, 15) is 9.50 Å². The van der Waals surface area contributed by atoms with E-state index in [1.165, 1.54) is 10.7 Å². The third-order valence-electron chi connectivity index (χ3n) is 2.90. The zero-order valence-corrected chi connectivity index (χ0v) is 10.8. The highest BCUT2D eigenvalue weighted by Crippen LogP contribution is 2.24. The Labute approximate surface area is 106 Å². The number of benzene rings is 1. The molecule has 0 fully saturated rings. The monoisotopic (exact) mass is 248 g/mol. The number of hydrogen-bond acceptors (Lipinski definition) is 2. The van der Waals surface area contributed by atoms with E-state index in [2.05, 4.69) is 5.10 Å². The second kappa shape index (κ2) is 4.90. The highest BCUT2D eigenvalue weighted by molar-refractivity contribution is 5.43. The summed E-state index contributed by atoms with van der Waals surface area (Å²) in [4.78, 5) is 0. The van der Waals surface area contributed by atoms with Crippen molar-refractivity contribution in [2.45, 2.75) is 32.8 Å². The fraction of sp³-hybridized carbons (Fsp3) is 0.357. The second-order valence-corrected chi connectivity index (χ2v) is 4.69. The zero-order valence-electron chi connectivity index (χ0n) is 10.8. The molecule has 0 aliphatic rings. The molecule has 1 aromatic heterocycles. The van der Waals surface area contributed by atoms with Gasteiger partial charge in [-0.25, -0.2) is 9.07 Å². The Bertz CT molecular complexity index is 546. The first-order valence-corrected chi connectivity index (χ1v) is 6.03. The molecule has 0 aliphatic heterocycles. The van der Waals surface area contributed by atoms with Crippen molar-refractivity contribution in [2.24, 2.45) is 0 Å². The molecule has 0 aliphatic carbocycles. The molecule has 0 radical (unpaired) electrons. The van der Waals surface area contributed by atoms with Gasteiger partial charge in [-0.3, -0.25) is 0 Å². The molecular weight excluding hydrogens is 231 g/mol. The minimum absolute atomic E-state index is 0.285. The summed E-state index contributed by atoms with van der Waals surface area (Å²) in [6, 6.07) is 6.54. The Balaban J connectivity index is 2.55. The van der Waals surface area contributed by atoms with Crippen LogP contribution < -0.4 is 0 Å². The number of hydrogen-bond donors (Lipinski definition) is 1. The van der Waals surface area contributed by atoms with Gasteiger partial charge in [0.05, 0.1) is 11.8 Å². The summed E-state index contributed by atoms with van der Waals surface area (Å²) in [6.07, 6.45) is 0.988. The highest BCUT2D eigenvalue weighted by Gasteiger charge is 2.15. The molecule has 18 heavy (non-hydrogen) atoms. The van der Waals surface area contributed by atoms with Crippen molar-refractivity contribution >= 4 is 0 Å². The van der Waals surface area contributed by atoms with Crippen molar-refractivity contribution in [1.82, 2.24) is 9.78 Å². The zero-order chi connectivity index (χ0) is 13.3. The van der Waals surface area contributed by atoms with Gasteiger partial charge >= 0.3 is 0 Å². The lowest BCUT2D eigenvalue weighted by Crippen LogP contribution is -2.06. The molecule has 1 heterocycles. The number of aromatic nitrogens is 2. The van der Waals surface area contributed by atoms with Crippen molar-refractivity contribution in [3.63, 3.8) is 0 Å². The van der Waals surface area contributed by atoms with Gasteiger partial charge in [0.2, 0.25) is 0 Å². The third-order valence-corrected chi connectivity index (χ3v) is 2.90. The van der Waals surface area contributed by atoms with Crippen LogP contribution in [-0.4, -0.2) is 14.9 Å². The first kappa shape index (κ1) is 12.8. The van der Waals surface area contributed by atoms with Crippen molar-refractivity contribution in [1.29, 1.82) is 0 Å². The van der Waals surface area contributed by atoms with E-state index in [1.807, 2.05) is 19.9 Å². The topological polar surface area (TPSA) is 38.0 Å². The van der Waals surface area contributed by atoms with Crippen LogP contribution in [0.15, 0.2) is 30.5 Å². The molecule has 96 valence electrons. The molecular formula is C14H17FN2O. The molecule has 0 bridgehead atoms. The van der Waals surface area contributed by atoms with E-state index in [0.29, 0.717) is 11.3 Å². The lowest BCUT2D eigenvalue weighted by Gasteiger charge is -2.12. The summed E-state index contributed by atoms with van der Waals surface area (Å²) in [5.74, 6) is -0.0974. The Morgan fingerprint density at radius 2 is 1.94 bits per heavy atom. The predicted octanol–water partition coefficient (Wildman–Crippen LogP) is 3.19. The Hall–Kier alpha value is -1.68. The van der Waals surface area contributed by atoms with Crippen LogP contribution in [0.5, 0.6) is 0 Å². The van der Waals surface area contributed by atoms with Crippen LogP contribution in [0, 0.1) is 5.82 Å². The average Bonchev–Trinajstić information content (AvgIpc) is 2.77. The molecule has 2 rings (SSSR count). The van der Waals surface area contributed by atoms with E-state index < -0.39 is 6.10 Å². The molecule has 3 nitrogen and oxygen atoms in total. The molecule has 0 amide bonds. The predicted molar refractivity (Wildman–Crippen MR) is 68.2 cm³/mol. The third kappa shape index (κ3) is 2.29. The largest absolute Gasteiger partial charge is 0.389 e. The van der Waals surface area contributed by atoms with Gasteiger partial charge in [-0.2, -0.15) is 5.10 Å². The number of rotatable bonds is 3. The van der Waals surface area contributed by atoms with Crippen molar-refractivity contribution in [3.8, 4) is 5.69 Å². The van der Waals surface area contributed by atoms with E-state index in [-0.39, 0.29) is 11.7 Å². The molecule has 1 aromatic carbocycles. The number of aliphatic hydroxyl groups is 1. The minimum atomic E-state index is -0.734. The van der Waals surface area contributed by atoms with Crippen molar-refractivity contribution < 1.29 is 9.50 Å². The van der Waals surface area contributed by atoms with Gasteiger partial charge in [0.1, 0.15) is 11.5 Å². The fourth-order valence-corrected chi connectivity index (χ4v) is 1.88. The summed E-state index contributed by atoms with van der Waals surface area (Å²) < 4.78 is 15.4. The summed E-state index contributed by atoms with van der Waals surface area (Å²) in [7, 11) is 0. The lowest BCUT2D eigenvalue weighted by atomic mass is 10.1. The summed E-state index contributed by atoms with van der Waals surface area (Å²) in [5, 5.41) is 14.0. The first-order chi connectivity index (χ1) is 8.50. The first-order valence-electron chi connectivity index (χ1n) is 6.03. The van der Waals surface area contributed by atoms with Crippen LogP contribution >= 0.6 is 0 Å². The van der Waals surface area contributed by atoms with Gasteiger partial charge in [0, 0.05) is 11.8 Å². The molecule has 0 saturated carbocycles. The standard InChI is InChI=1S/C14H17FN2O/c1-9(2)13-7-8-17(16-13)14-11(10(3)18)5-4-6-12(14)15/h4-10,18H,1-3H3/t10-/m1/s1. The molecule has 0 saturated heterocycles. The van der Waals surface area contributed by atoms with Gasteiger partial charge in [-0.05, 0) is 25.0 Å². The maximum atomic E-state index is 13.9. The molecule has 0 spiro atoms. The smallest absolute Gasteiger partial charge is 0.149 e. The number of para-hydroxylation sites is 1. The number of aliphatic hydroxyl groups excluding tert-OH is 1. The normalized spacial score (nSPS) is 13.0. The van der Waals surface area contributed by atoms with E-state index >= 15 is 0 Å². The molecule has 1 atom stereocenters. The van der Waals surface area contributed by atoms with Gasteiger partial charge in [-0.15, -0.1) is 0 Å². The fourth-order valence-electron chi connectivity index (χ4n) is 1.88. The highest BCUT2D eigenvalue weighted by atomic mass is 19.1. The molecule has 4 heteroatoms. The van der Waals surface area contributed by atoms with Gasteiger partial charge in [-0.1, -0.05) is 26.0 Å². The van der Waals surface area contributed by atoms with Crippen molar-refractivity contribution in [2.75, 3.05) is 0 Å². The van der Waals surface area contributed by atoms with Gasteiger partial charge in [0.25, 0.3) is 0 Å². The quantitative estimate of drug-likeness (QED) is 0.905. The Kier molecular flexibility index (Phi) is 3.48. The maximum Gasteiger partial charge on any atom is 0.149 e. The van der Waals surface area contributed by atoms with Crippen LogP contribution in [0.2, 0.25) is 0 Å². The van der Waals surface area contributed by atoms with Crippen molar-refractivity contribution in [3.05, 3.63) is 47.5 Å². The van der Waals surface area contributed by atoms with E-state index in [4.69, 9.17) is 0 Å². The number of halogens is 1. The summed E-state index contributed by atoms with van der Waals surface area (Å²) in [5.41, 5.74) is 1.75. The minimum Gasteiger partial charge on any atom is -0.389 e. The SMILES string of the molecule is CC(C)c1ccn(-c2c(F)cccc2[C@@H](C)O)n1. The molecule has 0 unspecified atom stereocenters. The maximum absolute atomic E-state index is 13.9. The van der Waals surface area contributed by atoms with E-state index in [0.717, 1.165) is 5.69 Å². The van der Waals surface area contributed by atoms with Crippen LogP contribution in [0.3, 0.4) is 0 Å². The lowest BCUT2D eigenvalue weighted by molar-refractivity contribution is 0.198. The molecule has 1 N–H and O–H groups in total. The van der Waals surface area contributed by atoms with Gasteiger partial charge in [0.15, 0.2) is 0 Å². The van der Waals surface area contributed by atoms with Gasteiger partial charge < -0.3 is 5.11 Å². The van der Waals surface area contributed by atoms with Crippen LogP contribution in [0.4, 0.5) is 4.39 Å². The summed E-state index contributed by atoms with van der Waals surface area (Å²) >= 11 is 0.